The third kappa shape index (κ3) is 5.25. The molecule has 1 N–H and O–H groups in total. The Labute approximate surface area is 189 Å². The van der Waals surface area contributed by atoms with E-state index in [2.05, 4.69) is 15.5 Å². The molecule has 33 heavy (non-hydrogen) atoms. The summed E-state index contributed by atoms with van der Waals surface area (Å²) in [6.45, 7) is 5.43. The highest BCUT2D eigenvalue weighted by molar-refractivity contribution is 6.04. The maximum absolute atomic E-state index is 13.7. The van der Waals surface area contributed by atoms with Gasteiger partial charge in [-0.05, 0) is 43.7 Å². The van der Waals surface area contributed by atoms with Crippen LogP contribution in [0.2, 0.25) is 0 Å². The topological polar surface area (TPSA) is 74.0 Å². The summed E-state index contributed by atoms with van der Waals surface area (Å²) >= 11 is 0. The van der Waals surface area contributed by atoms with Crippen LogP contribution in [0.1, 0.15) is 34.1 Å². The maximum atomic E-state index is 13.7. The molecule has 7 nitrogen and oxygen atoms in total. The van der Waals surface area contributed by atoms with Crippen molar-refractivity contribution in [3.8, 4) is 5.75 Å². The van der Waals surface area contributed by atoms with Crippen LogP contribution in [-0.4, -0.2) is 25.5 Å². The number of rotatable bonds is 8. The molecule has 0 spiro atoms. The van der Waals surface area contributed by atoms with Gasteiger partial charge >= 0.3 is 0 Å². The van der Waals surface area contributed by atoms with Crippen LogP contribution in [0.3, 0.4) is 0 Å². The van der Waals surface area contributed by atoms with Crippen LogP contribution in [0, 0.1) is 18.6 Å². The van der Waals surface area contributed by atoms with Crippen molar-refractivity contribution in [2.75, 3.05) is 5.32 Å². The van der Waals surface area contributed by atoms with Gasteiger partial charge < -0.3 is 10.1 Å². The number of benzene rings is 2. The highest BCUT2D eigenvalue weighted by atomic mass is 19.1. The second-order valence-corrected chi connectivity index (χ2v) is 7.52. The zero-order valence-electron chi connectivity index (χ0n) is 18.3. The normalized spacial score (nSPS) is 10.9. The highest BCUT2D eigenvalue weighted by Crippen LogP contribution is 2.20. The summed E-state index contributed by atoms with van der Waals surface area (Å²) in [6.07, 6.45) is 5.16. The molecule has 0 aliphatic rings. The Balaban J connectivity index is 1.38. The summed E-state index contributed by atoms with van der Waals surface area (Å²) in [7, 11) is 0. The standard InChI is InChI=1S/C24H23F2N5O2/c1-3-31-16(2)19(11-28-31)13-30-14-21(12-27-30)29-24(32)18-6-4-5-17(9-18)15-33-23-8-7-20(25)10-22(23)26/h4-12,14H,3,13,15H2,1-2H3,(H,29,32). The average molecular weight is 451 g/mol. The molecule has 9 heteroatoms. The Hall–Kier alpha value is -4.01. The number of amides is 1. The van der Waals surface area contributed by atoms with Crippen molar-refractivity contribution in [2.24, 2.45) is 0 Å². The maximum Gasteiger partial charge on any atom is 0.255 e. The van der Waals surface area contributed by atoms with Gasteiger partial charge in [0.05, 0.1) is 24.6 Å². The van der Waals surface area contributed by atoms with Crippen LogP contribution >= 0.6 is 0 Å². The molecule has 170 valence electrons. The lowest BCUT2D eigenvalue weighted by atomic mass is 10.1. The molecule has 0 unspecified atom stereocenters. The fourth-order valence-corrected chi connectivity index (χ4v) is 3.41. The number of nitrogens with one attached hydrogen (secondary N) is 1. The summed E-state index contributed by atoms with van der Waals surface area (Å²) < 4.78 is 35.8. The summed E-state index contributed by atoms with van der Waals surface area (Å²) in [5, 5.41) is 11.5. The molecule has 2 heterocycles. The first kappa shape index (κ1) is 22.2. The van der Waals surface area contributed by atoms with E-state index < -0.39 is 11.6 Å². The van der Waals surface area contributed by atoms with Gasteiger partial charge in [-0.15, -0.1) is 0 Å². The van der Waals surface area contributed by atoms with Crippen LogP contribution in [0.4, 0.5) is 14.5 Å². The average Bonchev–Trinajstić information content (AvgIpc) is 3.39. The van der Waals surface area contributed by atoms with Gasteiger partial charge in [-0.3, -0.25) is 14.2 Å². The lowest BCUT2D eigenvalue weighted by Gasteiger charge is -2.09. The second kappa shape index (κ2) is 9.64. The van der Waals surface area contributed by atoms with Crippen molar-refractivity contribution in [2.45, 2.75) is 33.5 Å². The first-order chi connectivity index (χ1) is 15.9. The largest absolute Gasteiger partial charge is 0.486 e. The summed E-state index contributed by atoms with van der Waals surface area (Å²) in [6, 6.07) is 9.92. The Bertz CT molecular complexity index is 1280. The highest BCUT2D eigenvalue weighted by Gasteiger charge is 2.11. The number of ether oxygens (including phenoxy) is 1. The zero-order valence-corrected chi connectivity index (χ0v) is 18.3. The molecule has 0 atom stereocenters. The van der Waals surface area contributed by atoms with Crippen molar-refractivity contribution in [3.05, 3.63) is 95.1 Å². The first-order valence-corrected chi connectivity index (χ1v) is 10.4. The molecule has 0 saturated carbocycles. The minimum absolute atomic E-state index is 0.0341. The molecule has 1 amide bonds. The Morgan fingerprint density at radius 1 is 1.12 bits per heavy atom. The molecule has 0 radical (unpaired) electrons. The fraction of sp³-hybridized carbons (Fsp3) is 0.208. The van der Waals surface area contributed by atoms with Gasteiger partial charge in [0.15, 0.2) is 11.6 Å². The van der Waals surface area contributed by atoms with Crippen molar-refractivity contribution >= 4 is 11.6 Å². The number of anilines is 1. The fourth-order valence-electron chi connectivity index (χ4n) is 3.41. The van der Waals surface area contributed by atoms with Crippen LogP contribution < -0.4 is 10.1 Å². The van der Waals surface area contributed by atoms with Gasteiger partial charge in [0, 0.05) is 35.6 Å². The van der Waals surface area contributed by atoms with E-state index in [4.69, 9.17) is 4.74 Å². The van der Waals surface area contributed by atoms with E-state index in [9.17, 15) is 13.6 Å². The predicted molar refractivity (Wildman–Crippen MR) is 119 cm³/mol. The van der Waals surface area contributed by atoms with Crippen molar-refractivity contribution in [3.63, 3.8) is 0 Å². The molecular formula is C24H23F2N5O2. The molecule has 0 fully saturated rings. The van der Waals surface area contributed by atoms with Crippen LogP contribution in [-0.2, 0) is 19.7 Å². The van der Waals surface area contributed by atoms with E-state index in [0.29, 0.717) is 23.4 Å². The van der Waals surface area contributed by atoms with Gasteiger partial charge in [-0.2, -0.15) is 10.2 Å². The van der Waals surface area contributed by atoms with Gasteiger partial charge in [-0.25, -0.2) is 8.78 Å². The summed E-state index contributed by atoms with van der Waals surface area (Å²) in [5.41, 5.74) is 3.80. The zero-order chi connectivity index (χ0) is 23.4. The van der Waals surface area contributed by atoms with E-state index in [1.165, 1.54) is 6.07 Å². The number of carbonyl (C=O) groups excluding carboxylic acids is 1. The second-order valence-electron chi connectivity index (χ2n) is 7.52. The number of aromatic nitrogens is 4. The van der Waals surface area contributed by atoms with Crippen LogP contribution in [0.15, 0.2) is 61.1 Å². The smallest absolute Gasteiger partial charge is 0.255 e. The summed E-state index contributed by atoms with van der Waals surface area (Å²) in [5.74, 6) is -1.82. The van der Waals surface area contributed by atoms with E-state index >= 15 is 0 Å². The molecule has 2 aromatic heterocycles. The SMILES string of the molecule is CCn1ncc(Cn2cc(NC(=O)c3cccc(COc4ccc(F)cc4F)c3)cn2)c1C. The number of nitrogens with zero attached hydrogens (tertiary/aromatic N) is 4. The van der Waals surface area contributed by atoms with E-state index in [0.717, 1.165) is 29.9 Å². The van der Waals surface area contributed by atoms with Crippen molar-refractivity contribution in [1.29, 1.82) is 0 Å². The van der Waals surface area contributed by atoms with E-state index in [1.54, 1.807) is 41.3 Å². The number of carbonyl (C=O) groups is 1. The van der Waals surface area contributed by atoms with Crippen molar-refractivity contribution < 1.29 is 18.3 Å². The molecule has 0 bridgehead atoms. The molecule has 0 aliphatic heterocycles. The third-order valence-corrected chi connectivity index (χ3v) is 5.21. The Kier molecular flexibility index (Phi) is 6.48. The minimum atomic E-state index is -0.779. The van der Waals surface area contributed by atoms with Gasteiger partial charge in [0.2, 0.25) is 0 Å². The molecule has 2 aromatic carbocycles. The molecule has 4 rings (SSSR count). The first-order valence-electron chi connectivity index (χ1n) is 10.4. The molecule has 4 aromatic rings. The number of aryl methyl sites for hydroxylation is 1. The monoisotopic (exact) mass is 451 g/mol. The van der Waals surface area contributed by atoms with Gasteiger partial charge in [-0.1, -0.05) is 12.1 Å². The van der Waals surface area contributed by atoms with E-state index in [1.807, 2.05) is 24.7 Å². The van der Waals surface area contributed by atoms with Crippen molar-refractivity contribution in [1.82, 2.24) is 19.6 Å². The number of halogens is 2. The third-order valence-electron chi connectivity index (χ3n) is 5.21. The lowest BCUT2D eigenvalue weighted by molar-refractivity contribution is 0.102. The molecule has 0 saturated heterocycles. The minimum Gasteiger partial charge on any atom is -0.486 e. The Morgan fingerprint density at radius 3 is 2.73 bits per heavy atom. The molecule has 0 aliphatic carbocycles. The van der Waals surface area contributed by atoms with Crippen LogP contribution in [0.5, 0.6) is 5.75 Å². The quantitative estimate of drug-likeness (QED) is 0.426. The van der Waals surface area contributed by atoms with Gasteiger partial charge in [0.25, 0.3) is 5.91 Å². The lowest BCUT2D eigenvalue weighted by Crippen LogP contribution is -2.12. The van der Waals surface area contributed by atoms with E-state index in [-0.39, 0.29) is 18.3 Å². The van der Waals surface area contributed by atoms with Crippen LogP contribution in [0.25, 0.3) is 0 Å². The predicted octanol–water partition coefficient (Wildman–Crippen LogP) is 4.57. The number of hydrogen-bond donors (Lipinski definition) is 1. The molecular weight excluding hydrogens is 428 g/mol. The number of hydrogen-bond acceptors (Lipinski definition) is 4. The summed E-state index contributed by atoms with van der Waals surface area (Å²) in [4.78, 5) is 12.7. The van der Waals surface area contributed by atoms with Gasteiger partial charge in [0.1, 0.15) is 12.4 Å². The Morgan fingerprint density at radius 2 is 1.97 bits per heavy atom.